The Hall–Kier alpha value is -1.67. The van der Waals surface area contributed by atoms with Crippen LogP contribution in [-0.2, 0) is 21.2 Å². The smallest absolute Gasteiger partial charge is 0.240 e. The quantitative estimate of drug-likeness (QED) is 0.433. The summed E-state index contributed by atoms with van der Waals surface area (Å²) in [7, 11) is -2.17. The van der Waals surface area contributed by atoms with Crippen LogP contribution in [0, 0.1) is 0 Å². The number of nitrogens with one attached hydrogen (secondary N) is 1. The van der Waals surface area contributed by atoms with Gasteiger partial charge in [0.15, 0.2) is 0 Å². The van der Waals surface area contributed by atoms with Gasteiger partial charge < -0.3 is 10.1 Å². The van der Waals surface area contributed by atoms with Gasteiger partial charge in [-0.25, -0.2) is 8.42 Å². The molecule has 0 fully saturated rings. The van der Waals surface area contributed by atoms with Crippen LogP contribution >= 0.6 is 34.8 Å². The molecule has 29 heavy (non-hydrogen) atoms. The third-order valence-electron chi connectivity index (χ3n) is 4.04. The summed E-state index contributed by atoms with van der Waals surface area (Å²) < 4.78 is 30.5. The second-order valence-electron chi connectivity index (χ2n) is 6.29. The summed E-state index contributed by atoms with van der Waals surface area (Å²) in [6, 6.07) is 10.3. The van der Waals surface area contributed by atoms with E-state index in [4.69, 9.17) is 39.5 Å². The molecule has 6 nitrogen and oxygen atoms in total. The van der Waals surface area contributed by atoms with Gasteiger partial charge in [0.05, 0.1) is 34.1 Å². The number of carbonyl (C=O) groups is 1. The second-order valence-corrected chi connectivity index (χ2v) is 9.42. The molecule has 1 N–H and O–H groups in total. The number of hydrogen-bond donors (Lipinski definition) is 1. The van der Waals surface area contributed by atoms with Gasteiger partial charge in [-0.3, -0.25) is 9.10 Å². The zero-order chi connectivity index (χ0) is 21.6. The molecule has 0 aliphatic carbocycles. The van der Waals surface area contributed by atoms with Crippen LogP contribution < -0.4 is 14.4 Å². The summed E-state index contributed by atoms with van der Waals surface area (Å²) in [5.41, 5.74) is 1.18. The maximum absolute atomic E-state index is 12.3. The fraction of sp³-hybridized carbons (Fsp3) is 0.316. The number of aryl methyl sites for hydroxylation is 1. The maximum atomic E-state index is 12.3. The highest BCUT2D eigenvalue weighted by Gasteiger charge is 2.24. The normalized spacial score (nSPS) is 11.2. The van der Waals surface area contributed by atoms with Crippen LogP contribution in [0.25, 0.3) is 0 Å². The van der Waals surface area contributed by atoms with Crippen molar-refractivity contribution in [1.82, 2.24) is 5.32 Å². The van der Waals surface area contributed by atoms with Crippen LogP contribution in [-0.4, -0.2) is 40.8 Å². The molecule has 10 heteroatoms. The van der Waals surface area contributed by atoms with Gasteiger partial charge in [0, 0.05) is 6.54 Å². The number of rotatable bonds is 9. The van der Waals surface area contributed by atoms with Gasteiger partial charge in [0.25, 0.3) is 0 Å². The Morgan fingerprint density at radius 3 is 2.45 bits per heavy atom. The lowest BCUT2D eigenvalue weighted by Crippen LogP contribution is -2.40. The van der Waals surface area contributed by atoms with Crippen LogP contribution in [0.3, 0.4) is 0 Å². The van der Waals surface area contributed by atoms with Gasteiger partial charge in [0.1, 0.15) is 12.3 Å². The number of methoxy groups -OCH3 is 1. The first-order valence-corrected chi connectivity index (χ1v) is 11.6. The standard InChI is InChI=1S/C19H21Cl3N2O4S/c1-28-14-7-3-5-13(9-14)6-4-8-23-19(25)12-24(29(2,26)27)18-11-16(21)15(20)10-17(18)22/h3,5,7,9-11H,4,6,8,12H2,1-2H3,(H,23,25). The number of nitrogens with zero attached hydrogens (tertiary/aromatic N) is 1. The van der Waals surface area contributed by atoms with Crippen LogP contribution in [0.5, 0.6) is 5.75 Å². The van der Waals surface area contributed by atoms with E-state index in [0.717, 1.165) is 28.3 Å². The summed E-state index contributed by atoms with van der Waals surface area (Å²) in [4.78, 5) is 12.3. The molecule has 0 saturated carbocycles. The highest BCUT2D eigenvalue weighted by molar-refractivity contribution is 7.92. The maximum Gasteiger partial charge on any atom is 0.240 e. The SMILES string of the molecule is COc1cccc(CCCNC(=O)CN(c2cc(Cl)c(Cl)cc2Cl)S(C)(=O)=O)c1. The minimum atomic E-state index is -3.77. The van der Waals surface area contributed by atoms with Crippen molar-refractivity contribution < 1.29 is 17.9 Å². The monoisotopic (exact) mass is 478 g/mol. The van der Waals surface area contributed by atoms with E-state index in [1.165, 1.54) is 12.1 Å². The summed E-state index contributed by atoms with van der Waals surface area (Å²) in [6.45, 7) is -0.0293. The summed E-state index contributed by atoms with van der Waals surface area (Å²) in [5.74, 6) is 0.317. The van der Waals surface area contributed by atoms with Crippen molar-refractivity contribution in [2.24, 2.45) is 0 Å². The lowest BCUT2D eigenvalue weighted by atomic mass is 10.1. The Morgan fingerprint density at radius 1 is 1.10 bits per heavy atom. The van der Waals surface area contributed by atoms with Crippen LogP contribution in [0.2, 0.25) is 15.1 Å². The summed E-state index contributed by atoms with van der Waals surface area (Å²) >= 11 is 18.0. The Kier molecular flexibility index (Phi) is 8.46. The van der Waals surface area contributed by atoms with Crippen molar-refractivity contribution in [3.8, 4) is 5.75 Å². The van der Waals surface area contributed by atoms with E-state index in [9.17, 15) is 13.2 Å². The van der Waals surface area contributed by atoms with Gasteiger partial charge in [-0.2, -0.15) is 0 Å². The number of halogens is 3. The van der Waals surface area contributed by atoms with Crippen LogP contribution in [0.1, 0.15) is 12.0 Å². The number of amides is 1. The van der Waals surface area contributed by atoms with E-state index >= 15 is 0 Å². The highest BCUT2D eigenvalue weighted by Crippen LogP contribution is 2.35. The van der Waals surface area contributed by atoms with Gasteiger partial charge in [-0.1, -0.05) is 46.9 Å². The Labute approximate surface area is 185 Å². The molecule has 1 amide bonds. The molecular formula is C19H21Cl3N2O4S. The molecule has 0 aliphatic heterocycles. The number of carbonyl (C=O) groups excluding carboxylic acids is 1. The molecule has 158 valence electrons. The fourth-order valence-corrected chi connectivity index (χ4v) is 4.17. The van der Waals surface area contributed by atoms with Gasteiger partial charge in [-0.05, 0) is 42.7 Å². The highest BCUT2D eigenvalue weighted by atomic mass is 35.5. The second kappa shape index (κ2) is 10.4. The molecule has 0 saturated heterocycles. The first-order valence-electron chi connectivity index (χ1n) is 8.63. The van der Waals surface area contributed by atoms with Gasteiger partial charge >= 0.3 is 0 Å². The molecule has 2 aromatic carbocycles. The molecule has 0 heterocycles. The number of benzene rings is 2. The zero-order valence-corrected chi connectivity index (χ0v) is 19.0. The van der Waals surface area contributed by atoms with Crippen molar-refractivity contribution in [2.75, 3.05) is 30.8 Å². The zero-order valence-electron chi connectivity index (χ0n) is 15.9. The molecular weight excluding hydrogens is 459 g/mol. The van der Waals surface area contributed by atoms with E-state index in [-0.39, 0.29) is 20.8 Å². The Balaban J connectivity index is 1.98. The van der Waals surface area contributed by atoms with Crippen molar-refractivity contribution in [2.45, 2.75) is 12.8 Å². The lowest BCUT2D eigenvalue weighted by Gasteiger charge is -2.23. The summed E-state index contributed by atoms with van der Waals surface area (Å²) in [6.07, 6.45) is 2.42. The van der Waals surface area contributed by atoms with E-state index in [0.29, 0.717) is 13.0 Å². The van der Waals surface area contributed by atoms with E-state index < -0.39 is 22.5 Å². The largest absolute Gasteiger partial charge is 0.497 e. The molecule has 2 rings (SSSR count). The van der Waals surface area contributed by atoms with E-state index in [1.54, 1.807) is 7.11 Å². The molecule has 2 aromatic rings. The average molecular weight is 480 g/mol. The topological polar surface area (TPSA) is 75.7 Å². The van der Waals surface area contributed by atoms with E-state index in [1.807, 2.05) is 24.3 Å². The molecule has 0 aliphatic rings. The van der Waals surface area contributed by atoms with Gasteiger partial charge in [-0.15, -0.1) is 0 Å². The fourth-order valence-electron chi connectivity index (χ4n) is 2.62. The van der Waals surface area contributed by atoms with Gasteiger partial charge in [0.2, 0.25) is 15.9 Å². The van der Waals surface area contributed by atoms with Crippen molar-refractivity contribution >= 4 is 56.4 Å². The predicted octanol–water partition coefficient (Wildman–Crippen LogP) is 4.17. The first kappa shape index (κ1) is 23.6. The number of ether oxygens (including phenoxy) is 1. The molecule has 0 unspecified atom stereocenters. The average Bonchev–Trinajstić information content (AvgIpc) is 2.66. The first-order chi connectivity index (χ1) is 13.6. The number of anilines is 1. The Morgan fingerprint density at radius 2 is 1.79 bits per heavy atom. The third-order valence-corrected chi connectivity index (χ3v) is 6.20. The molecule has 0 atom stereocenters. The minimum absolute atomic E-state index is 0.0793. The minimum Gasteiger partial charge on any atom is -0.497 e. The third kappa shape index (κ3) is 6.96. The number of sulfonamides is 1. The lowest BCUT2D eigenvalue weighted by molar-refractivity contribution is -0.119. The Bertz CT molecular complexity index is 983. The van der Waals surface area contributed by atoms with Crippen molar-refractivity contribution in [3.63, 3.8) is 0 Å². The number of hydrogen-bond acceptors (Lipinski definition) is 4. The van der Waals surface area contributed by atoms with Crippen LogP contribution in [0.4, 0.5) is 5.69 Å². The molecule has 0 radical (unpaired) electrons. The molecule has 0 bridgehead atoms. The van der Waals surface area contributed by atoms with E-state index in [2.05, 4.69) is 5.32 Å². The van der Waals surface area contributed by atoms with Crippen molar-refractivity contribution in [3.05, 3.63) is 57.0 Å². The van der Waals surface area contributed by atoms with Crippen LogP contribution in [0.15, 0.2) is 36.4 Å². The predicted molar refractivity (Wildman–Crippen MR) is 118 cm³/mol. The molecule has 0 aromatic heterocycles. The van der Waals surface area contributed by atoms with Crippen molar-refractivity contribution in [1.29, 1.82) is 0 Å². The molecule has 0 spiro atoms. The summed E-state index contributed by atoms with van der Waals surface area (Å²) in [5, 5.41) is 3.13.